The van der Waals surface area contributed by atoms with Gasteiger partial charge in [0.25, 0.3) is 0 Å². The summed E-state index contributed by atoms with van der Waals surface area (Å²) in [5, 5.41) is 3.32. The Balaban J connectivity index is 3.19. The molecule has 0 radical (unpaired) electrons. The molecule has 0 aromatic rings. The first-order valence-electron chi connectivity index (χ1n) is 5.59. The highest BCUT2D eigenvalue weighted by Gasteiger charge is 2.28. The third kappa shape index (κ3) is 2.45. The molecule has 0 aromatic heterocycles. The third-order valence-corrected chi connectivity index (χ3v) is 2.90. The van der Waals surface area contributed by atoms with E-state index in [1.54, 1.807) is 6.92 Å². The van der Waals surface area contributed by atoms with Crippen LogP contribution in [-0.2, 0) is 9.59 Å². The summed E-state index contributed by atoms with van der Waals surface area (Å²) in [6.07, 6.45) is 2.44. The standard InChI is InChI=1S/C12H15N3O2/c1-4-5-6-9-7(2)12(17)10(14-15-13)8(3)11(9)16/h4-6H2,1-3H3. The van der Waals surface area contributed by atoms with Gasteiger partial charge in [-0.25, -0.2) is 0 Å². The van der Waals surface area contributed by atoms with Crippen molar-refractivity contribution in [1.29, 1.82) is 0 Å². The summed E-state index contributed by atoms with van der Waals surface area (Å²) in [6, 6.07) is 0. The van der Waals surface area contributed by atoms with Gasteiger partial charge in [0.1, 0.15) is 0 Å². The largest absolute Gasteiger partial charge is 0.289 e. The molecule has 17 heavy (non-hydrogen) atoms. The fourth-order valence-electron chi connectivity index (χ4n) is 1.81. The van der Waals surface area contributed by atoms with Crippen molar-refractivity contribution in [2.45, 2.75) is 40.0 Å². The van der Waals surface area contributed by atoms with Gasteiger partial charge in [0.15, 0.2) is 11.6 Å². The number of carbonyl (C=O) groups excluding carboxylic acids is 2. The molecule has 5 heteroatoms. The minimum atomic E-state index is -0.328. The van der Waals surface area contributed by atoms with Crippen LogP contribution in [0.3, 0.4) is 0 Å². The van der Waals surface area contributed by atoms with Gasteiger partial charge in [0.05, 0.1) is 5.70 Å². The summed E-state index contributed by atoms with van der Waals surface area (Å²) >= 11 is 0. The predicted molar refractivity (Wildman–Crippen MR) is 64.1 cm³/mol. The Morgan fingerprint density at radius 1 is 1.18 bits per heavy atom. The molecule has 0 fully saturated rings. The van der Waals surface area contributed by atoms with Gasteiger partial charge < -0.3 is 0 Å². The normalized spacial score (nSPS) is 16.4. The van der Waals surface area contributed by atoms with Crippen LogP contribution in [0, 0.1) is 0 Å². The van der Waals surface area contributed by atoms with Gasteiger partial charge in [0.2, 0.25) is 0 Å². The monoisotopic (exact) mass is 233 g/mol. The van der Waals surface area contributed by atoms with Crippen LogP contribution in [0.2, 0.25) is 0 Å². The van der Waals surface area contributed by atoms with Crippen molar-refractivity contribution in [3.63, 3.8) is 0 Å². The van der Waals surface area contributed by atoms with Crippen molar-refractivity contribution < 1.29 is 9.59 Å². The summed E-state index contributed by atoms with van der Waals surface area (Å²) in [4.78, 5) is 26.5. The highest BCUT2D eigenvalue weighted by Crippen LogP contribution is 2.28. The average Bonchev–Trinajstić information content (AvgIpc) is 2.32. The molecule has 0 saturated heterocycles. The molecule has 0 aliphatic heterocycles. The Morgan fingerprint density at radius 3 is 2.35 bits per heavy atom. The molecular formula is C12H15N3O2. The minimum Gasteiger partial charge on any atom is -0.289 e. The second-order valence-corrected chi connectivity index (χ2v) is 4.03. The molecule has 1 aliphatic rings. The molecule has 0 spiro atoms. The van der Waals surface area contributed by atoms with Gasteiger partial charge in [-0.05, 0) is 32.2 Å². The number of allylic oxidation sites excluding steroid dienone is 3. The summed E-state index contributed by atoms with van der Waals surface area (Å²) in [5.41, 5.74) is 9.55. The minimum absolute atomic E-state index is 0.0600. The molecule has 0 saturated carbocycles. The van der Waals surface area contributed by atoms with Crippen molar-refractivity contribution >= 4 is 11.6 Å². The van der Waals surface area contributed by atoms with Crippen LogP contribution in [0.1, 0.15) is 40.0 Å². The molecule has 90 valence electrons. The number of azide groups is 1. The second-order valence-electron chi connectivity index (χ2n) is 4.03. The Labute approximate surface area is 99.8 Å². The second kappa shape index (κ2) is 5.46. The maximum absolute atomic E-state index is 12.0. The molecule has 1 rings (SSSR count). The van der Waals surface area contributed by atoms with E-state index in [2.05, 4.69) is 10.0 Å². The zero-order valence-corrected chi connectivity index (χ0v) is 10.3. The first-order valence-corrected chi connectivity index (χ1v) is 5.59. The first kappa shape index (κ1) is 13.2. The molecule has 0 N–H and O–H groups in total. The predicted octanol–water partition coefficient (Wildman–Crippen LogP) is 3.23. The van der Waals surface area contributed by atoms with E-state index in [0.29, 0.717) is 17.6 Å². The summed E-state index contributed by atoms with van der Waals surface area (Å²) in [5.74, 6) is -0.496. The van der Waals surface area contributed by atoms with Crippen LogP contribution >= 0.6 is 0 Å². The van der Waals surface area contributed by atoms with E-state index in [-0.39, 0.29) is 22.8 Å². The number of nitrogens with zero attached hydrogens (tertiary/aromatic N) is 3. The highest BCUT2D eigenvalue weighted by atomic mass is 16.1. The first-order chi connectivity index (χ1) is 8.04. The molecule has 5 nitrogen and oxygen atoms in total. The Morgan fingerprint density at radius 2 is 1.82 bits per heavy atom. The van der Waals surface area contributed by atoms with Crippen LogP contribution in [0.15, 0.2) is 27.5 Å². The summed E-state index contributed by atoms with van der Waals surface area (Å²) in [6.45, 7) is 5.17. The van der Waals surface area contributed by atoms with Crippen LogP contribution in [0.4, 0.5) is 0 Å². The molecule has 1 aliphatic carbocycles. The number of Topliss-reactive ketones (excluding diaryl/α,β-unsaturated/α-hetero) is 2. The van der Waals surface area contributed by atoms with Gasteiger partial charge in [-0.15, -0.1) is 0 Å². The summed E-state index contributed by atoms with van der Waals surface area (Å²) in [7, 11) is 0. The molecule has 0 heterocycles. The fraction of sp³-hybridized carbons (Fsp3) is 0.500. The number of unbranched alkanes of at least 4 members (excludes halogenated alkanes) is 1. The number of hydrogen-bond acceptors (Lipinski definition) is 3. The Kier molecular flexibility index (Phi) is 4.24. The van der Waals surface area contributed by atoms with E-state index < -0.39 is 0 Å². The third-order valence-electron chi connectivity index (χ3n) is 2.90. The van der Waals surface area contributed by atoms with Crippen molar-refractivity contribution in [2.24, 2.45) is 5.11 Å². The van der Waals surface area contributed by atoms with Crippen LogP contribution in [0.25, 0.3) is 10.4 Å². The quantitative estimate of drug-likeness (QED) is 0.323. The fourth-order valence-corrected chi connectivity index (χ4v) is 1.81. The van der Waals surface area contributed by atoms with E-state index in [1.807, 2.05) is 6.92 Å². The Hall–Kier alpha value is -1.87. The smallest absolute Gasteiger partial charge is 0.191 e. The van der Waals surface area contributed by atoms with Gasteiger partial charge in [-0.2, -0.15) is 0 Å². The van der Waals surface area contributed by atoms with Crippen molar-refractivity contribution in [3.05, 3.63) is 32.9 Å². The molecular weight excluding hydrogens is 218 g/mol. The van der Waals surface area contributed by atoms with E-state index in [1.165, 1.54) is 6.92 Å². The van der Waals surface area contributed by atoms with Crippen LogP contribution in [-0.4, -0.2) is 11.6 Å². The summed E-state index contributed by atoms with van der Waals surface area (Å²) < 4.78 is 0. The maximum atomic E-state index is 12.0. The van der Waals surface area contributed by atoms with E-state index >= 15 is 0 Å². The van der Waals surface area contributed by atoms with Gasteiger partial charge in [-0.1, -0.05) is 18.5 Å². The molecule has 0 bridgehead atoms. The van der Waals surface area contributed by atoms with Crippen LogP contribution < -0.4 is 0 Å². The average molecular weight is 233 g/mol. The lowest BCUT2D eigenvalue weighted by molar-refractivity contribution is -0.116. The van der Waals surface area contributed by atoms with Gasteiger partial charge in [-0.3, -0.25) is 9.59 Å². The van der Waals surface area contributed by atoms with Crippen molar-refractivity contribution in [1.82, 2.24) is 0 Å². The molecule has 0 unspecified atom stereocenters. The zero-order chi connectivity index (χ0) is 13.0. The van der Waals surface area contributed by atoms with Gasteiger partial charge >= 0.3 is 0 Å². The molecule has 0 amide bonds. The number of ketones is 2. The number of rotatable bonds is 4. The van der Waals surface area contributed by atoms with Crippen molar-refractivity contribution in [2.75, 3.05) is 0 Å². The highest BCUT2D eigenvalue weighted by molar-refractivity contribution is 6.24. The van der Waals surface area contributed by atoms with Crippen molar-refractivity contribution in [3.8, 4) is 0 Å². The van der Waals surface area contributed by atoms with E-state index in [0.717, 1.165) is 12.8 Å². The lowest BCUT2D eigenvalue weighted by Gasteiger charge is -2.17. The van der Waals surface area contributed by atoms with Crippen LogP contribution in [0.5, 0.6) is 0 Å². The lowest BCUT2D eigenvalue weighted by Crippen LogP contribution is -2.21. The van der Waals surface area contributed by atoms with E-state index in [9.17, 15) is 9.59 Å². The van der Waals surface area contributed by atoms with Gasteiger partial charge in [0, 0.05) is 21.6 Å². The lowest BCUT2D eigenvalue weighted by atomic mass is 9.86. The number of carbonyl (C=O) groups is 2. The zero-order valence-electron chi connectivity index (χ0n) is 10.3. The molecule has 0 aromatic carbocycles. The number of hydrogen-bond donors (Lipinski definition) is 0. The SMILES string of the molecule is CCCCC1=C(C)C(=O)C(N=[N+]=[N-])=C(C)C1=O. The maximum Gasteiger partial charge on any atom is 0.191 e. The molecule has 0 atom stereocenters. The topological polar surface area (TPSA) is 82.9 Å². The Bertz CT molecular complexity index is 480. The van der Waals surface area contributed by atoms with E-state index in [4.69, 9.17) is 5.53 Å².